The zero-order valence-electron chi connectivity index (χ0n) is 21.7. The fourth-order valence-electron chi connectivity index (χ4n) is 4.96. The third-order valence-corrected chi connectivity index (χ3v) is 6.64. The van der Waals surface area contributed by atoms with Gasteiger partial charge in [-0.05, 0) is 46.0 Å². The number of hydrogen-bond acceptors (Lipinski definition) is 6. The molecule has 11 heteroatoms. The highest BCUT2D eigenvalue weighted by Crippen LogP contribution is 2.36. The highest BCUT2D eigenvalue weighted by atomic mass is 19.1. The number of benzene rings is 1. The van der Waals surface area contributed by atoms with E-state index < -0.39 is 5.82 Å². The van der Waals surface area contributed by atoms with Gasteiger partial charge in [0.05, 0.1) is 47.4 Å². The van der Waals surface area contributed by atoms with Crippen LogP contribution in [0.15, 0.2) is 23.1 Å². The number of H-pyrrole nitrogens is 1. The maximum Gasteiger partial charge on any atom is 0.271 e. The van der Waals surface area contributed by atoms with E-state index in [0.29, 0.717) is 46.9 Å². The fourth-order valence-corrected chi connectivity index (χ4v) is 4.96. The number of fused-ring (bicyclic) bond motifs is 4. The van der Waals surface area contributed by atoms with Crippen LogP contribution in [0.1, 0.15) is 43.8 Å². The Morgan fingerprint density at radius 3 is 2.76 bits per heavy atom. The summed E-state index contributed by atoms with van der Waals surface area (Å²) in [5.41, 5.74) is 3.20. The van der Waals surface area contributed by atoms with Crippen molar-refractivity contribution in [1.29, 1.82) is 0 Å². The van der Waals surface area contributed by atoms with Gasteiger partial charge in [-0.15, -0.1) is 0 Å². The van der Waals surface area contributed by atoms with E-state index in [1.165, 1.54) is 6.07 Å². The van der Waals surface area contributed by atoms with Gasteiger partial charge in [0.25, 0.3) is 5.56 Å². The minimum absolute atomic E-state index is 0.00289. The molecule has 4 heterocycles. The Balaban J connectivity index is 1.77. The average Bonchev–Trinajstić information content (AvgIpc) is 3.45. The van der Waals surface area contributed by atoms with Gasteiger partial charge in [0.1, 0.15) is 11.9 Å². The number of rotatable bonds is 3. The van der Waals surface area contributed by atoms with Gasteiger partial charge < -0.3 is 9.84 Å². The second kappa shape index (κ2) is 9.64. The molecule has 196 valence electrons. The van der Waals surface area contributed by atoms with Crippen LogP contribution in [0.2, 0.25) is 0 Å². The number of nitrogens with zero attached hydrogens (tertiary/aromatic N) is 6. The van der Waals surface area contributed by atoms with Crippen LogP contribution in [0.5, 0.6) is 5.88 Å². The molecule has 1 atom stereocenters. The first-order valence-corrected chi connectivity index (χ1v) is 12.4. The Morgan fingerprint density at radius 2 is 2.03 bits per heavy atom. The van der Waals surface area contributed by atoms with Crippen LogP contribution >= 0.6 is 0 Å². The monoisotopic (exact) mass is 509 g/mol. The molecular weight excluding hydrogens is 477 g/mol. The van der Waals surface area contributed by atoms with Gasteiger partial charge in [0, 0.05) is 43.2 Å². The largest absolute Gasteiger partial charge is 0.473 e. The fraction of sp³-hybridized carbons (Fsp3) is 0.423. The number of nitrogens with one attached hydrogen (secondary N) is 1. The van der Waals surface area contributed by atoms with Gasteiger partial charge in [-0.1, -0.05) is 0 Å². The second-order valence-electron chi connectivity index (χ2n) is 9.89. The molecule has 0 radical (unpaired) electrons. The van der Waals surface area contributed by atoms with Gasteiger partial charge in [0.2, 0.25) is 5.88 Å². The normalized spacial score (nSPS) is 17.5. The van der Waals surface area contributed by atoms with Crippen LogP contribution in [0.25, 0.3) is 34.2 Å². The van der Waals surface area contributed by atoms with E-state index in [1.54, 1.807) is 45.5 Å². The molecule has 37 heavy (non-hydrogen) atoms. The van der Waals surface area contributed by atoms with Crippen molar-refractivity contribution >= 4 is 23.1 Å². The van der Waals surface area contributed by atoms with Crippen molar-refractivity contribution in [3.05, 3.63) is 51.5 Å². The highest BCUT2D eigenvalue weighted by Gasteiger charge is 2.23. The lowest BCUT2D eigenvalue weighted by molar-refractivity contribution is 0.146. The van der Waals surface area contributed by atoms with E-state index in [2.05, 4.69) is 10.2 Å². The molecule has 3 aromatic heterocycles. The summed E-state index contributed by atoms with van der Waals surface area (Å²) in [6.45, 7) is 7.06. The molecule has 0 amide bonds. The Morgan fingerprint density at radius 1 is 1.24 bits per heavy atom. The van der Waals surface area contributed by atoms with Crippen LogP contribution in [-0.2, 0) is 20.1 Å². The molecule has 2 bridgehead atoms. The van der Waals surface area contributed by atoms with Crippen LogP contribution in [0.4, 0.5) is 4.39 Å². The number of aromatic nitrogens is 6. The minimum Gasteiger partial charge on any atom is -0.473 e. The Hall–Kier alpha value is -3.70. The summed E-state index contributed by atoms with van der Waals surface area (Å²) < 4.78 is 26.9. The van der Waals surface area contributed by atoms with E-state index in [0.717, 1.165) is 11.1 Å². The first-order valence-electron chi connectivity index (χ1n) is 12.4. The van der Waals surface area contributed by atoms with E-state index >= 15 is 4.39 Å². The zero-order valence-corrected chi connectivity index (χ0v) is 21.7. The van der Waals surface area contributed by atoms with Crippen LogP contribution < -0.4 is 10.3 Å². The molecule has 4 aromatic rings. The zero-order chi connectivity index (χ0) is 26.4. The number of ether oxygens (including phenoxy) is 1. The summed E-state index contributed by atoms with van der Waals surface area (Å²) in [6.07, 6.45) is 4.90. The minimum atomic E-state index is -0.392. The summed E-state index contributed by atoms with van der Waals surface area (Å²) in [7, 11) is 3.71. The van der Waals surface area contributed by atoms with Crippen molar-refractivity contribution in [2.24, 2.45) is 7.05 Å². The van der Waals surface area contributed by atoms with Crippen molar-refractivity contribution in [1.82, 2.24) is 34.2 Å². The van der Waals surface area contributed by atoms with Gasteiger partial charge >= 0.3 is 0 Å². The molecule has 1 aliphatic rings. The SMILES string of the molecule is CC(C)n1nc2c3cc(c(F)cc31)-c1cnn(C)c1O[C@@H](C)CN(C)Cc1c(c(=O)[nH]n1CCO)/C=C/2. The van der Waals surface area contributed by atoms with Crippen molar-refractivity contribution in [3.8, 4) is 17.0 Å². The number of aromatic amines is 1. The number of halogens is 1. The predicted molar refractivity (Wildman–Crippen MR) is 140 cm³/mol. The summed E-state index contributed by atoms with van der Waals surface area (Å²) in [5.74, 6) is 0.0819. The Labute approximate surface area is 213 Å². The topological polar surface area (TPSA) is 106 Å². The lowest BCUT2D eigenvalue weighted by Crippen LogP contribution is -2.32. The Bertz CT molecular complexity index is 1540. The molecule has 0 unspecified atom stereocenters. The third kappa shape index (κ3) is 4.49. The third-order valence-electron chi connectivity index (χ3n) is 6.64. The molecule has 1 aliphatic heterocycles. The molecule has 0 saturated carbocycles. The van der Waals surface area contributed by atoms with Crippen LogP contribution in [0.3, 0.4) is 0 Å². The number of aliphatic hydroxyl groups excluding tert-OH is 1. The van der Waals surface area contributed by atoms with Gasteiger partial charge in [0.15, 0.2) is 0 Å². The maximum absolute atomic E-state index is 15.6. The van der Waals surface area contributed by atoms with E-state index in [4.69, 9.17) is 9.84 Å². The summed E-state index contributed by atoms with van der Waals surface area (Å²) in [4.78, 5) is 15.0. The second-order valence-corrected chi connectivity index (χ2v) is 9.89. The smallest absolute Gasteiger partial charge is 0.271 e. The molecule has 0 aliphatic carbocycles. The number of hydrogen-bond donors (Lipinski definition) is 2. The molecular formula is C26H32FN7O3. The first kappa shape index (κ1) is 25.0. The maximum atomic E-state index is 15.6. The lowest BCUT2D eigenvalue weighted by atomic mass is 10.0. The Kier molecular flexibility index (Phi) is 6.50. The molecule has 10 nitrogen and oxygen atoms in total. The van der Waals surface area contributed by atoms with Crippen LogP contribution in [0, 0.1) is 5.82 Å². The number of likely N-dealkylation sites (N-methyl/N-ethyl adjacent to an activating group) is 1. The van der Waals surface area contributed by atoms with Crippen molar-refractivity contribution in [2.45, 2.75) is 46.0 Å². The summed E-state index contributed by atoms with van der Waals surface area (Å²) in [5, 5.41) is 22.2. The molecule has 0 saturated heterocycles. The molecule has 5 rings (SSSR count). The average molecular weight is 510 g/mol. The van der Waals surface area contributed by atoms with Gasteiger partial charge in [-0.25, -0.2) is 9.07 Å². The van der Waals surface area contributed by atoms with Gasteiger partial charge in [-0.3, -0.25) is 24.2 Å². The molecule has 1 aromatic carbocycles. The first-order chi connectivity index (χ1) is 17.7. The molecule has 2 N–H and O–H groups in total. The van der Waals surface area contributed by atoms with Crippen molar-refractivity contribution in [3.63, 3.8) is 0 Å². The standard InChI is InChI=1S/C26H32FN7O3/c1-15(2)34-23-11-21(27)18-10-19(23)22(29-34)7-6-17-24(33(8-9-35)30-25(17)36)14-31(4)13-16(3)37-26-20(18)12-28-32(26)5/h6-7,10-12,15-16,35H,8-9,13-14H2,1-5H3,(H,30,36)/b7-6+/t16-/m0/s1. The lowest BCUT2D eigenvalue weighted by Gasteiger charge is -2.23. The van der Waals surface area contributed by atoms with Gasteiger partial charge in [-0.2, -0.15) is 10.2 Å². The summed E-state index contributed by atoms with van der Waals surface area (Å²) >= 11 is 0. The highest BCUT2D eigenvalue weighted by molar-refractivity contribution is 5.93. The predicted octanol–water partition coefficient (Wildman–Crippen LogP) is 3.02. The molecule has 0 fully saturated rings. The number of aryl methyl sites for hydroxylation is 1. The summed E-state index contributed by atoms with van der Waals surface area (Å²) in [6, 6.07) is 3.27. The number of aliphatic hydroxyl groups is 1. The van der Waals surface area contributed by atoms with E-state index in [-0.39, 0.29) is 30.9 Å². The van der Waals surface area contributed by atoms with Crippen molar-refractivity contribution in [2.75, 3.05) is 20.2 Å². The van der Waals surface area contributed by atoms with E-state index in [1.807, 2.05) is 32.7 Å². The molecule has 0 spiro atoms. The van der Waals surface area contributed by atoms with Crippen molar-refractivity contribution < 1.29 is 14.2 Å². The quantitative estimate of drug-likeness (QED) is 0.440. The van der Waals surface area contributed by atoms with E-state index in [9.17, 15) is 9.90 Å². The van der Waals surface area contributed by atoms with Crippen LogP contribution in [-0.4, -0.2) is 65.7 Å².